The number of carbonyl (C=O) groups excluding carboxylic acids is 1. The summed E-state index contributed by atoms with van der Waals surface area (Å²) >= 11 is 0. The van der Waals surface area contributed by atoms with Gasteiger partial charge in [-0.05, 0) is 32.1 Å². The maximum atomic E-state index is 12.4. The number of guanidine groups is 1. The van der Waals surface area contributed by atoms with Crippen molar-refractivity contribution in [3.05, 3.63) is 16.3 Å². The highest BCUT2D eigenvalue weighted by atomic mass is 16.5. The van der Waals surface area contributed by atoms with Gasteiger partial charge in [-0.3, -0.25) is 14.4 Å². The van der Waals surface area contributed by atoms with Crippen molar-refractivity contribution in [2.75, 3.05) is 33.3 Å². The molecule has 2 aliphatic rings. The molecule has 156 valence electrons. The number of aromatic nitrogens is 3. The summed E-state index contributed by atoms with van der Waals surface area (Å²) < 4.78 is 8.30. The summed E-state index contributed by atoms with van der Waals surface area (Å²) in [6.07, 6.45) is 3.79. The van der Waals surface area contributed by atoms with Gasteiger partial charge in [-0.1, -0.05) is 6.92 Å². The third-order valence-electron chi connectivity index (χ3n) is 5.57. The molecule has 1 fully saturated rings. The van der Waals surface area contributed by atoms with Crippen LogP contribution in [0.25, 0.3) is 0 Å². The van der Waals surface area contributed by atoms with Crippen molar-refractivity contribution in [1.29, 1.82) is 0 Å². The van der Waals surface area contributed by atoms with Crippen LogP contribution >= 0.6 is 0 Å². The zero-order valence-corrected chi connectivity index (χ0v) is 17.2. The Bertz CT molecular complexity index is 768. The second kappa shape index (κ2) is 9.25. The Balaban J connectivity index is 1.57. The number of hydrogen-bond acceptors (Lipinski definition) is 5. The van der Waals surface area contributed by atoms with Crippen LogP contribution in [0.2, 0.25) is 0 Å². The van der Waals surface area contributed by atoms with E-state index in [-0.39, 0.29) is 23.5 Å². The number of nitrogens with one attached hydrogen (secondary N) is 1. The van der Waals surface area contributed by atoms with E-state index in [1.54, 1.807) is 9.25 Å². The van der Waals surface area contributed by atoms with Crippen molar-refractivity contribution in [3.8, 4) is 0 Å². The molecule has 3 heterocycles. The van der Waals surface area contributed by atoms with Crippen LogP contribution in [0.4, 0.5) is 0 Å². The molecule has 0 spiro atoms. The molecule has 1 saturated heterocycles. The number of fused-ring (bicyclic) bond motifs is 1. The quantitative estimate of drug-likeness (QED) is 0.328. The molecule has 0 saturated carbocycles. The van der Waals surface area contributed by atoms with Crippen LogP contribution in [0.5, 0.6) is 0 Å². The third-order valence-corrected chi connectivity index (χ3v) is 5.57. The summed E-state index contributed by atoms with van der Waals surface area (Å²) in [6, 6.07) is 0. The van der Waals surface area contributed by atoms with Gasteiger partial charge in [0.15, 0.2) is 5.96 Å². The predicted molar refractivity (Wildman–Crippen MR) is 106 cm³/mol. The molecule has 28 heavy (non-hydrogen) atoms. The minimum Gasteiger partial charge on any atom is -0.469 e. The average molecular weight is 393 g/mol. The summed E-state index contributed by atoms with van der Waals surface area (Å²) in [5.41, 5.74) is -0.000117. The molecule has 0 amide bonds. The highest BCUT2D eigenvalue weighted by molar-refractivity contribution is 5.82. The standard InChI is InChI=1S/C19H32N6O3/c1-4-20-18(23-12-14(2)15(13-23)17(26)28-3)21-9-7-11-25-19(27)24-10-6-5-8-16(24)22-25/h14-15H,4-13H2,1-3H3,(H,20,21). The van der Waals surface area contributed by atoms with Gasteiger partial charge in [0.1, 0.15) is 5.82 Å². The topological polar surface area (TPSA) is 93.8 Å². The van der Waals surface area contributed by atoms with Gasteiger partial charge in [0.2, 0.25) is 0 Å². The van der Waals surface area contributed by atoms with Gasteiger partial charge in [0.25, 0.3) is 0 Å². The third kappa shape index (κ3) is 4.39. The van der Waals surface area contributed by atoms with Gasteiger partial charge in [-0.15, -0.1) is 0 Å². The molecule has 1 aromatic heterocycles. The van der Waals surface area contributed by atoms with E-state index >= 15 is 0 Å². The number of esters is 1. The molecular formula is C19H32N6O3. The predicted octanol–water partition coefficient (Wildman–Crippen LogP) is 0.478. The summed E-state index contributed by atoms with van der Waals surface area (Å²) in [5, 5.41) is 7.78. The monoisotopic (exact) mass is 392 g/mol. The van der Waals surface area contributed by atoms with Gasteiger partial charge < -0.3 is 15.0 Å². The first-order valence-corrected chi connectivity index (χ1v) is 10.3. The Morgan fingerprint density at radius 2 is 2.18 bits per heavy atom. The molecule has 2 unspecified atom stereocenters. The van der Waals surface area contributed by atoms with Crippen molar-refractivity contribution in [1.82, 2.24) is 24.6 Å². The number of carbonyl (C=O) groups is 1. The van der Waals surface area contributed by atoms with Crippen LogP contribution in [-0.4, -0.2) is 64.5 Å². The molecule has 0 bridgehead atoms. The van der Waals surface area contributed by atoms with Crippen molar-refractivity contribution in [3.63, 3.8) is 0 Å². The van der Waals surface area contributed by atoms with Crippen molar-refractivity contribution < 1.29 is 9.53 Å². The Morgan fingerprint density at radius 3 is 2.89 bits per heavy atom. The van der Waals surface area contributed by atoms with Gasteiger partial charge in [0.05, 0.1) is 13.0 Å². The number of ether oxygens (including phenoxy) is 1. The number of hydrogen-bond donors (Lipinski definition) is 1. The van der Waals surface area contributed by atoms with E-state index in [4.69, 9.17) is 9.73 Å². The first kappa shape index (κ1) is 20.4. The van der Waals surface area contributed by atoms with E-state index in [1.807, 2.05) is 6.92 Å². The zero-order chi connectivity index (χ0) is 20.1. The molecule has 0 aromatic carbocycles. The fourth-order valence-corrected chi connectivity index (χ4v) is 4.02. The van der Waals surface area contributed by atoms with Crippen molar-refractivity contribution >= 4 is 11.9 Å². The minimum absolute atomic E-state index is 0.000117. The fourth-order valence-electron chi connectivity index (χ4n) is 4.02. The SMILES string of the molecule is CCNC(=NCCCn1nc2n(c1=O)CCCC2)N1CC(C)C(C(=O)OC)C1. The molecule has 0 aliphatic carbocycles. The lowest BCUT2D eigenvalue weighted by Crippen LogP contribution is -2.40. The lowest BCUT2D eigenvalue weighted by molar-refractivity contribution is -0.145. The van der Waals surface area contributed by atoms with Crippen LogP contribution in [0.3, 0.4) is 0 Å². The lowest BCUT2D eigenvalue weighted by atomic mass is 9.99. The number of nitrogens with zero attached hydrogens (tertiary/aromatic N) is 5. The van der Waals surface area contributed by atoms with E-state index in [0.29, 0.717) is 19.6 Å². The summed E-state index contributed by atoms with van der Waals surface area (Å²) in [4.78, 5) is 31.1. The largest absolute Gasteiger partial charge is 0.469 e. The maximum Gasteiger partial charge on any atom is 0.345 e. The summed E-state index contributed by atoms with van der Waals surface area (Å²) in [5.74, 6) is 1.68. The zero-order valence-electron chi connectivity index (χ0n) is 17.2. The van der Waals surface area contributed by atoms with E-state index < -0.39 is 0 Å². The van der Waals surface area contributed by atoms with Crippen LogP contribution in [0.1, 0.15) is 38.9 Å². The summed E-state index contributed by atoms with van der Waals surface area (Å²) in [7, 11) is 1.44. The van der Waals surface area contributed by atoms with E-state index in [9.17, 15) is 9.59 Å². The molecule has 2 atom stereocenters. The number of aryl methyl sites for hydroxylation is 2. The molecular weight excluding hydrogens is 360 g/mol. The minimum atomic E-state index is -0.158. The molecule has 3 rings (SSSR count). The number of rotatable bonds is 6. The molecule has 9 heteroatoms. The lowest BCUT2D eigenvalue weighted by Gasteiger charge is -2.21. The number of likely N-dealkylation sites (tertiary alicyclic amines) is 1. The molecule has 1 aromatic rings. The van der Waals surface area contributed by atoms with E-state index in [1.165, 1.54) is 7.11 Å². The maximum absolute atomic E-state index is 12.4. The Kier molecular flexibility index (Phi) is 6.74. The van der Waals surface area contributed by atoms with Gasteiger partial charge in [0, 0.05) is 45.7 Å². The van der Waals surface area contributed by atoms with E-state index in [2.05, 4.69) is 22.2 Å². The number of methoxy groups -OCH3 is 1. The molecule has 9 nitrogen and oxygen atoms in total. The first-order chi connectivity index (χ1) is 13.5. The van der Waals surface area contributed by atoms with Crippen LogP contribution in [0.15, 0.2) is 9.79 Å². The van der Waals surface area contributed by atoms with Crippen LogP contribution < -0.4 is 11.0 Å². The highest BCUT2D eigenvalue weighted by Gasteiger charge is 2.36. The second-order valence-corrected chi connectivity index (χ2v) is 7.63. The Morgan fingerprint density at radius 1 is 1.36 bits per heavy atom. The molecule has 1 N–H and O–H groups in total. The molecule has 2 aliphatic heterocycles. The van der Waals surface area contributed by atoms with E-state index in [0.717, 1.165) is 57.1 Å². The number of aliphatic imine (C=N–C) groups is 1. The average Bonchev–Trinajstić information content (AvgIpc) is 3.24. The Labute approximate surface area is 165 Å². The first-order valence-electron chi connectivity index (χ1n) is 10.3. The van der Waals surface area contributed by atoms with Crippen LogP contribution in [0, 0.1) is 11.8 Å². The van der Waals surface area contributed by atoms with Crippen molar-refractivity contribution in [2.45, 2.75) is 52.6 Å². The smallest absolute Gasteiger partial charge is 0.345 e. The van der Waals surface area contributed by atoms with Gasteiger partial charge in [-0.2, -0.15) is 5.10 Å². The fraction of sp³-hybridized carbons (Fsp3) is 0.789. The summed E-state index contributed by atoms with van der Waals surface area (Å²) in [6.45, 7) is 8.21. The van der Waals surface area contributed by atoms with Gasteiger partial charge >= 0.3 is 11.7 Å². The van der Waals surface area contributed by atoms with Gasteiger partial charge in [-0.25, -0.2) is 9.48 Å². The highest BCUT2D eigenvalue weighted by Crippen LogP contribution is 2.24. The van der Waals surface area contributed by atoms with Crippen LogP contribution in [-0.2, 0) is 29.0 Å². The normalized spacial score (nSPS) is 22.2. The second-order valence-electron chi connectivity index (χ2n) is 7.63. The van der Waals surface area contributed by atoms with Crippen molar-refractivity contribution in [2.24, 2.45) is 16.8 Å². The Hall–Kier alpha value is -2.32. The molecule has 0 radical (unpaired) electrons.